The van der Waals surface area contributed by atoms with Crippen LogP contribution in [0, 0.1) is 18.8 Å². The summed E-state index contributed by atoms with van der Waals surface area (Å²) in [6.45, 7) is 5.01. The Kier molecular flexibility index (Phi) is 7.94. The van der Waals surface area contributed by atoms with Crippen LogP contribution >= 0.6 is 0 Å². The van der Waals surface area contributed by atoms with Gasteiger partial charge in [-0.05, 0) is 50.7 Å². The highest BCUT2D eigenvalue weighted by Crippen LogP contribution is 2.41. The zero-order valence-corrected chi connectivity index (χ0v) is 18.3. The van der Waals surface area contributed by atoms with E-state index in [2.05, 4.69) is 4.98 Å². The van der Waals surface area contributed by atoms with Gasteiger partial charge in [0.1, 0.15) is 0 Å². The zero-order chi connectivity index (χ0) is 24.2. The predicted molar refractivity (Wildman–Crippen MR) is 108 cm³/mol. The lowest BCUT2D eigenvalue weighted by molar-refractivity contribution is -0.192. The lowest BCUT2D eigenvalue weighted by Crippen LogP contribution is -2.50. The number of pyridine rings is 1. The van der Waals surface area contributed by atoms with Gasteiger partial charge in [0.05, 0.1) is 25.0 Å². The third-order valence-electron chi connectivity index (χ3n) is 6.33. The molecule has 3 fully saturated rings. The van der Waals surface area contributed by atoms with E-state index < -0.39 is 17.8 Å². The minimum absolute atomic E-state index is 0.0612. The van der Waals surface area contributed by atoms with Crippen LogP contribution in [0.2, 0.25) is 0 Å². The fraction of sp³-hybridized carbons (Fsp3) is 0.682. The summed E-state index contributed by atoms with van der Waals surface area (Å²) < 4.78 is 57.8. The molecule has 3 aliphatic rings. The van der Waals surface area contributed by atoms with Gasteiger partial charge in [0.15, 0.2) is 5.67 Å². The number of aromatic nitrogens is 1. The Labute approximate surface area is 189 Å². The van der Waals surface area contributed by atoms with Gasteiger partial charge in [-0.25, -0.2) is 9.18 Å². The molecule has 0 bridgehead atoms. The van der Waals surface area contributed by atoms with Crippen molar-refractivity contribution in [2.75, 3.05) is 26.3 Å². The second kappa shape index (κ2) is 10.3. The second-order valence-electron chi connectivity index (χ2n) is 8.74. The summed E-state index contributed by atoms with van der Waals surface area (Å²) in [6.07, 6.45) is -2.55. The number of amides is 1. The van der Waals surface area contributed by atoms with E-state index in [0.717, 1.165) is 24.2 Å². The monoisotopic (exact) mass is 476 g/mol. The number of hydrogen-bond acceptors (Lipinski definition) is 5. The first-order valence-corrected chi connectivity index (χ1v) is 10.9. The summed E-state index contributed by atoms with van der Waals surface area (Å²) in [5.74, 6) is -2.39. The number of hydrogen-bond donors (Lipinski definition) is 1. The molecule has 2 aliphatic heterocycles. The zero-order valence-electron chi connectivity index (χ0n) is 18.3. The van der Waals surface area contributed by atoms with Crippen LogP contribution in [0.15, 0.2) is 18.2 Å². The highest BCUT2D eigenvalue weighted by Gasteiger charge is 2.52. The van der Waals surface area contributed by atoms with Crippen molar-refractivity contribution < 1.29 is 41.7 Å². The molecule has 1 aliphatic carbocycles. The molecule has 1 saturated carbocycles. The molecular weight excluding hydrogens is 448 g/mol. The highest BCUT2D eigenvalue weighted by atomic mass is 19.4. The van der Waals surface area contributed by atoms with Crippen molar-refractivity contribution >= 4 is 11.9 Å². The standard InChI is InChI=1S/C20H27FN2O3.C2HF3O2/c1-14-4-2-5-16(22-14)13-25-9-6-15-12-26-18-11-23(10-17(15)18)19(24)20(21)7-3-8-20;3-2(4,5)1(6)7/h2,4-5,15,17-18H,3,6-13H2,1H3;(H,6,7)/t15-,17-,18-;/m0./s1. The minimum Gasteiger partial charge on any atom is -0.475 e. The Hall–Kier alpha value is -2.27. The number of ether oxygens (including phenoxy) is 2. The van der Waals surface area contributed by atoms with E-state index >= 15 is 0 Å². The van der Waals surface area contributed by atoms with Crippen molar-refractivity contribution in [2.45, 2.75) is 57.2 Å². The maximum Gasteiger partial charge on any atom is 0.490 e. The number of likely N-dealkylation sites (tertiary alicyclic amines) is 1. The normalized spacial score (nSPS) is 25.6. The van der Waals surface area contributed by atoms with E-state index in [9.17, 15) is 22.4 Å². The van der Waals surface area contributed by atoms with Crippen LogP contribution in [0.25, 0.3) is 0 Å². The van der Waals surface area contributed by atoms with E-state index in [4.69, 9.17) is 19.4 Å². The largest absolute Gasteiger partial charge is 0.490 e. The van der Waals surface area contributed by atoms with E-state index in [1.807, 2.05) is 25.1 Å². The quantitative estimate of drug-likeness (QED) is 0.501. The van der Waals surface area contributed by atoms with Crippen molar-refractivity contribution in [1.82, 2.24) is 9.88 Å². The molecule has 1 aromatic rings. The van der Waals surface area contributed by atoms with Crippen molar-refractivity contribution in [3.63, 3.8) is 0 Å². The lowest BCUT2D eigenvalue weighted by atomic mass is 9.81. The molecule has 0 radical (unpaired) electrons. The fourth-order valence-electron chi connectivity index (χ4n) is 4.34. The van der Waals surface area contributed by atoms with Gasteiger partial charge in [-0.15, -0.1) is 0 Å². The van der Waals surface area contributed by atoms with Gasteiger partial charge in [0.25, 0.3) is 5.91 Å². The fourth-order valence-corrected chi connectivity index (χ4v) is 4.34. The molecule has 11 heteroatoms. The molecule has 7 nitrogen and oxygen atoms in total. The van der Waals surface area contributed by atoms with Crippen LogP contribution in [-0.2, 0) is 25.7 Å². The Morgan fingerprint density at radius 2 is 2.00 bits per heavy atom. The maximum absolute atomic E-state index is 14.4. The number of nitrogens with zero attached hydrogens (tertiary/aromatic N) is 2. The average Bonchev–Trinajstić information content (AvgIpc) is 3.30. The van der Waals surface area contributed by atoms with Crippen molar-refractivity contribution in [3.8, 4) is 0 Å². The average molecular weight is 476 g/mol. The number of alkyl halides is 4. The summed E-state index contributed by atoms with van der Waals surface area (Å²) in [7, 11) is 0. The summed E-state index contributed by atoms with van der Waals surface area (Å²) in [4.78, 5) is 27.4. The van der Waals surface area contributed by atoms with Crippen LogP contribution in [0.1, 0.15) is 37.1 Å². The SMILES string of the molecule is Cc1cccc(COCC[C@H]2CO[C@H]3CN(C(=O)C4(F)CCC4)C[C@@H]23)n1.O=C(O)C(F)(F)F. The number of carboxylic acids is 1. The van der Waals surface area contributed by atoms with Crippen molar-refractivity contribution in [3.05, 3.63) is 29.6 Å². The van der Waals surface area contributed by atoms with Gasteiger partial charge in [-0.3, -0.25) is 9.78 Å². The first kappa shape index (κ1) is 25.4. The highest BCUT2D eigenvalue weighted by molar-refractivity contribution is 5.86. The number of carboxylic acid groups (broad SMARTS) is 1. The van der Waals surface area contributed by atoms with Crippen LogP contribution in [0.4, 0.5) is 17.6 Å². The molecule has 2 saturated heterocycles. The number of rotatable bonds is 6. The topological polar surface area (TPSA) is 89.0 Å². The number of carbonyl (C=O) groups is 2. The van der Waals surface area contributed by atoms with Crippen molar-refractivity contribution in [2.24, 2.45) is 11.8 Å². The Balaban J connectivity index is 0.000000383. The number of aryl methyl sites for hydroxylation is 1. The van der Waals surface area contributed by atoms with Gasteiger partial charge < -0.3 is 19.5 Å². The first-order chi connectivity index (χ1) is 15.5. The van der Waals surface area contributed by atoms with Crippen molar-refractivity contribution in [1.29, 1.82) is 0 Å². The van der Waals surface area contributed by atoms with Gasteiger partial charge in [0.2, 0.25) is 0 Å². The first-order valence-electron chi connectivity index (χ1n) is 10.9. The smallest absolute Gasteiger partial charge is 0.475 e. The van der Waals surface area contributed by atoms with E-state index in [0.29, 0.717) is 57.6 Å². The summed E-state index contributed by atoms with van der Waals surface area (Å²) in [6, 6.07) is 5.92. The van der Waals surface area contributed by atoms with Crippen LogP contribution in [-0.4, -0.2) is 71.1 Å². The van der Waals surface area contributed by atoms with E-state index in [1.165, 1.54) is 0 Å². The Bertz CT molecular complexity index is 846. The summed E-state index contributed by atoms with van der Waals surface area (Å²) in [5.41, 5.74) is 0.334. The third kappa shape index (κ3) is 6.41. The molecule has 0 unspecified atom stereocenters. The molecular formula is C22H28F4N2O5. The molecule has 0 aromatic carbocycles. The number of aliphatic carboxylic acids is 1. The van der Waals surface area contributed by atoms with Gasteiger partial charge >= 0.3 is 12.1 Å². The molecule has 0 spiro atoms. The summed E-state index contributed by atoms with van der Waals surface area (Å²) in [5, 5.41) is 7.12. The maximum atomic E-state index is 14.4. The summed E-state index contributed by atoms with van der Waals surface area (Å²) >= 11 is 0. The molecule has 184 valence electrons. The van der Waals surface area contributed by atoms with Crippen LogP contribution in [0.5, 0.6) is 0 Å². The van der Waals surface area contributed by atoms with Crippen LogP contribution in [0.3, 0.4) is 0 Å². The molecule has 4 rings (SSSR count). The van der Waals surface area contributed by atoms with Gasteiger partial charge in [-0.2, -0.15) is 13.2 Å². The van der Waals surface area contributed by atoms with Crippen LogP contribution < -0.4 is 0 Å². The molecule has 33 heavy (non-hydrogen) atoms. The van der Waals surface area contributed by atoms with E-state index in [-0.39, 0.29) is 12.0 Å². The number of carbonyl (C=O) groups excluding carboxylic acids is 1. The van der Waals surface area contributed by atoms with E-state index in [1.54, 1.807) is 4.90 Å². The molecule has 1 aromatic heterocycles. The Morgan fingerprint density at radius 1 is 1.30 bits per heavy atom. The number of fused-ring (bicyclic) bond motifs is 1. The molecule has 1 N–H and O–H groups in total. The molecule has 3 atom stereocenters. The molecule has 3 heterocycles. The van der Waals surface area contributed by atoms with Gasteiger partial charge in [-0.1, -0.05) is 6.07 Å². The second-order valence-corrected chi connectivity index (χ2v) is 8.74. The predicted octanol–water partition coefficient (Wildman–Crippen LogP) is 3.30. The van der Waals surface area contributed by atoms with Gasteiger partial charge in [0, 0.05) is 31.3 Å². The Morgan fingerprint density at radius 3 is 2.58 bits per heavy atom. The minimum atomic E-state index is -5.08. The third-order valence-corrected chi connectivity index (χ3v) is 6.33. The molecule has 1 amide bonds. The lowest BCUT2D eigenvalue weighted by Gasteiger charge is -2.35. The number of halogens is 4.